The smallest absolute Gasteiger partial charge is 0.326 e. The number of rotatable bonds is 7. The lowest BCUT2D eigenvalue weighted by Crippen LogP contribution is -2.50. The molecule has 0 aliphatic rings. The Labute approximate surface area is 94.9 Å². The minimum Gasteiger partial charge on any atom is -0.480 e. The molecule has 0 heterocycles. The fourth-order valence-electron chi connectivity index (χ4n) is 0.918. The monoisotopic (exact) mass is 233 g/mol. The fraction of sp³-hybridized carbons (Fsp3) is 0.800. The molecule has 0 spiro atoms. The van der Waals surface area contributed by atoms with Crippen LogP contribution >= 0.6 is 0 Å². The topological polar surface area (TPSA) is 84.9 Å². The molecule has 6 heteroatoms. The molecule has 2 N–H and O–H groups in total. The number of hydrogen-bond acceptors (Lipinski definition) is 4. The van der Waals surface area contributed by atoms with E-state index in [4.69, 9.17) is 14.6 Å². The Bertz CT molecular complexity index is 252. The second-order valence-electron chi connectivity index (χ2n) is 3.86. The molecule has 0 saturated carbocycles. The van der Waals surface area contributed by atoms with Crippen LogP contribution in [0.15, 0.2) is 0 Å². The summed E-state index contributed by atoms with van der Waals surface area (Å²) < 4.78 is 9.72. The quantitative estimate of drug-likeness (QED) is 0.647. The predicted molar refractivity (Wildman–Crippen MR) is 57.1 cm³/mol. The number of carbonyl (C=O) groups is 2. The lowest BCUT2D eigenvalue weighted by Gasteiger charge is -2.24. The molecule has 0 aromatic heterocycles. The van der Waals surface area contributed by atoms with Crippen LogP contribution in [0.2, 0.25) is 0 Å². The van der Waals surface area contributed by atoms with Gasteiger partial charge in [-0.3, -0.25) is 4.79 Å². The number of ether oxygens (including phenoxy) is 2. The molecule has 1 unspecified atom stereocenters. The van der Waals surface area contributed by atoms with Crippen molar-refractivity contribution < 1.29 is 24.2 Å². The Morgan fingerprint density at radius 2 is 1.94 bits per heavy atom. The summed E-state index contributed by atoms with van der Waals surface area (Å²) in [5, 5.41) is 11.3. The molecular weight excluding hydrogens is 214 g/mol. The van der Waals surface area contributed by atoms with Crippen LogP contribution in [0.5, 0.6) is 0 Å². The summed E-state index contributed by atoms with van der Waals surface area (Å²) in [5.41, 5.74) is -1.04. The van der Waals surface area contributed by atoms with Crippen LogP contribution in [0.4, 0.5) is 0 Å². The third-order valence-corrected chi connectivity index (χ3v) is 2.27. The van der Waals surface area contributed by atoms with Crippen LogP contribution in [-0.4, -0.2) is 49.5 Å². The van der Waals surface area contributed by atoms with Gasteiger partial charge in [-0.25, -0.2) is 4.79 Å². The van der Waals surface area contributed by atoms with E-state index in [1.54, 1.807) is 13.8 Å². The number of carboxylic acids is 1. The standard InChI is InChI=1S/C10H19NO5/c1-10(2,16-4)9(14)11-7(8(12)13)5-6-15-3/h7H,5-6H2,1-4H3,(H,11,14)(H,12,13). The van der Waals surface area contributed by atoms with Gasteiger partial charge in [0.1, 0.15) is 11.6 Å². The van der Waals surface area contributed by atoms with E-state index in [1.807, 2.05) is 0 Å². The summed E-state index contributed by atoms with van der Waals surface area (Å²) in [7, 11) is 2.87. The summed E-state index contributed by atoms with van der Waals surface area (Å²) in [6.45, 7) is 3.40. The Balaban J connectivity index is 4.40. The number of carbonyl (C=O) groups excluding carboxylic acids is 1. The van der Waals surface area contributed by atoms with Crippen LogP contribution in [0.1, 0.15) is 20.3 Å². The van der Waals surface area contributed by atoms with Gasteiger partial charge in [0.05, 0.1) is 0 Å². The molecule has 1 amide bonds. The largest absolute Gasteiger partial charge is 0.480 e. The van der Waals surface area contributed by atoms with E-state index >= 15 is 0 Å². The van der Waals surface area contributed by atoms with Gasteiger partial charge >= 0.3 is 5.97 Å². The first-order valence-electron chi connectivity index (χ1n) is 4.93. The van der Waals surface area contributed by atoms with E-state index in [0.29, 0.717) is 0 Å². The van der Waals surface area contributed by atoms with E-state index in [2.05, 4.69) is 5.32 Å². The number of aliphatic carboxylic acids is 1. The first kappa shape index (κ1) is 14.9. The van der Waals surface area contributed by atoms with Crippen molar-refractivity contribution in [2.24, 2.45) is 0 Å². The second-order valence-corrected chi connectivity index (χ2v) is 3.86. The van der Waals surface area contributed by atoms with Crippen molar-refractivity contribution in [1.82, 2.24) is 5.32 Å². The van der Waals surface area contributed by atoms with Crippen LogP contribution in [0, 0.1) is 0 Å². The van der Waals surface area contributed by atoms with E-state index < -0.39 is 23.5 Å². The maximum absolute atomic E-state index is 11.6. The number of methoxy groups -OCH3 is 2. The number of nitrogens with one attached hydrogen (secondary N) is 1. The van der Waals surface area contributed by atoms with Gasteiger partial charge in [-0.05, 0) is 13.8 Å². The van der Waals surface area contributed by atoms with E-state index in [9.17, 15) is 9.59 Å². The first-order chi connectivity index (χ1) is 7.35. The van der Waals surface area contributed by atoms with Crippen molar-refractivity contribution in [1.29, 1.82) is 0 Å². The maximum atomic E-state index is 11.6. The van der Waals surface area contributed by atoms with Crippen molar-refractivity contribution in [3.8, 4) is 0 Å². The van der Waals surface area contributed by atoms with Gasteiger partial charge in [0.15, 0.2) is 0 Å². The second kappa shape index (κ2) is 6.44. The van der Waals surface area contributed by atoms with Gasteiger partial charge in [0.25, 0.3) is 5.91 Å². The molecular formula is C10H19NO5. The summed E-state index contributed by atoms with van der Waals surface area (Å²) in [4.78, 5) is 22.5. The number of carboxylic acid groups (broad SMARTS) is 1. The average molecular weight is 233 g/mol. The third kappa shape index (κ3) is 4.59. The Morgan fingerprint density at radius 3 is 2.31 bits per heavy atom. The highest BCUT2D eigenvalue weighted by molar-refractivity contribution is 5.88. The fourth-order valence-corrected chi connectivity index (χ4v) is 0.918. The molecule has 0 aromatic carbocycles. The maximum Gasteiger partial charge on any atom is 0.326 e. The van der Waals surface area contributed by atoms with Gasteiger partial charge in [-0.15, -0.1) is 0 Å². The van der Waals surface area contributed by atoms with Gasteiger partial charge < -0.3 is 19.9 Å². The van der Waals surface area contributed by atoms with Crippen molar-refractivity contribution >= 4 is 11.9 Å². The van der Waals surface area contributed by atoms with Crippen LogP contribution in [0.3, 0.4) is 0 Å². The molecule has 0 aliphatic heterocycles. The lowest BCUT2D eigenvalue weighted by atomic mass is 10.1. The molecule has 0 fully saturated rings. The molecule has 0 rings (SSSR count). The van der Waals surface area contributed by atoms with Crippen LogP contribution in [0.25, 0.3) is 0 Å². The summed E-state index contributed by atoms with van der Waals surface area (Å²) in [6, 6.07) is -0.957. The minimum absolute atomic E-state index is 0.220. The van der Waals surface area contributed by atoms with Gasteiger partial charge in [-0.2, -0.15) is 0 Å². The summed E-state index contributed by atoms with van der Waals surface area (Å²) in [5.74, 6) is -1.55. The molecule has 6 nitrogen and oxygen atoms in total. The van der Waals surface area contributed by atoms with E-state index in [-0.39, 0.29) is 13.0 Å². The molecule has 16 heavy (non-hydrogen) atoms. The number of hydrogen-bond donors (Lipinski definition) is 2. The predicted octanol–water partition coefficient (Wildman–Crippen LogP) is 0.0173. The molecule has 0 aromatic rings. The van der Waals surface area contributed by atoms with Crippen molar-refractivity contribution in [3.63, 3.8) is 0 Å². The van der Waals surface area contributed by atoms with Gasteiger partial charge in [0.2, 0.25) is 0 Å². The highest BCUT2D eigenvalue weighted by Crippen LogP contribution is 2.08. The van der Waals surface area contributed by atoms with Gasteiger partial charge in [-0.1, -0.05) is 0 Å². The van der Waals surface area contributed by atoms with Crippen LogP contribution < -0.4 is 5.32 Å². The van der Waals surface area contributed by atoms with Crippen molar-refractivity contribution in [3.05, 3.63) is 0 Å². The Kier molecular flexibility index (Phi) is 5.98. The zero-order chi connectivity index (χ0) is 12.8. The number of amides is 1. The zero-order valence-electron chi connectivity index (χ0n) is 10.1. The van der Waals surface area contributed by atoms with E-state index in [1.165, 1.54) is 14.2 Å². The SMILES string of the molecule is COCCC(NC(=O)C(C)(C)OC)C(=O)O. The Morgan fingerprint density at radius 1 is 1.38 bits per heavy atom. The molecule has 1 atom stereocenters. The minimum atomic E-state index is -1.09. The molecule has 0 saturated heterocycles. The first-order valence-corrected chi connectivity index (χ1v) is 4.93. The van der Waals surface area contributed by atoms with Crippen molar-refractivity contribution in [2.75, 3.05) is 20.8 Å². The molecule has 0 aliphatic carbocycles. The third-order valence-electron chi connectivity index (χ3n) is 2.27. The van der Waals surface area contributed by atoms with Crippen molar-refractivity contribution in [2.45, 2.75) is 31.9 Å². The van der Waals surface area contributed by atoms with Crippen LogP contribution in [-0.2, 0) is 19.1 Å². The normalized spacial score (nSPS) is 13.2. The molecule has 0 radical (unpaired) electrons. The molecule has 94 valence electrons. The lowest BCUT2D eigenvalue weighted by molar-refractivity contribution is -0.147. The summed E-state index contributed by atoms with van der Waals surface area (Å²) in [6.07, 6.45) is 0.220. The highest BCUT2D eigenvalue weighted by Gasteiger charge is 2.30. The molecule has 0 bridgehead atoms. The highest BCUT2D eigenvalue weighted by atomic mass is 16.5. The summed E-state index contributed by atoms with van der Waals surface area (Å²) >= 11 is 0. The Hall–Kier alpha value is -1.14. The van der Waals surface area contributed by atoms with Gasteiger partial charge in [0, 0.05) is 27.2 Å². The average Bonchev–Trinajstić information content (AvgIpc) is 2.23. The van der Waals surface area contributed by atoms with E-state index in [0.717, 1.165) is 0 Å². The zero-order valence-corrected chi connectivity index (χ0v) is 10.1.